The highest BCUT2D eigenvalue weighted by atomic mass is 16.3. The van der Waals surface area contributed by atoms with Crippen molar-refractivity contribution in [3.05, 3.63) is 59.3 Å². The Morgan fingerprint density at radius 3 is 2.42 bits per heavy atom. The number of hydrogen-bond acceptors (Lipinski definition) is 3. The van der Waals surface area contributed by atoms with Crippen molar-refractivity contribution < 1.29 is 5.11 Å². The first kappa shape index (κ1) is 23.5. The first-order valence-electron chi connectivity index (χ1n) is 11.4. The summed E-state index contributed by atoms with van der Waals surface area (Å²) in [6.07, 6.45) is 2.38. The van der Waals surface area contributed by atoms with Crippen molar-refractivity contribution in [1.82, 2.24) is 15.2 Å². The van der Waals surface area contributed by atoms with E-state index in [1.54, 1.807) is 0 Å². The van der Waals surface area contributed by atoms with Gasteiger partial charge in [0, 0.05) is 34.7 Å². The van der Waals surface area contributed by atoms with E-state index >= 15 is 0 Å². The van der Waals surface area contributed by atoms with Gasteiger partial charge in [-0.2, -0.15) is 0 Å². The first-order valence-corrected chi connectivity index (χ1v) is 11.4. The van der Waals surface area contributed by atoms with Crippen LogP contribution >= 0.6 is 0 Å². The van der Waals surface area contributed by atoms with Crippen LogP contribution in [0.1, 0.15) is 50.4 Å². The molecule has 1 aromatic heterocycles. The molecule has 2 aromatic carbocycles. The van der Waals surface area contributed by atoms with Crippen LogP contribution in [0.3, 0.4) is 0 Å². The molecule has 0 radical (unpaired) electrons. The second kappa shape index (κ2) is 9.99. The van der Waals surface area contributed by atoms with Crippen LogP contribution in [0.25, 0.3) is 22.0 Å². The van der Waals surface area contributed by atoms with E-state index in [2.05, 4.69) is 99.3 Å². The fraction of sp³-hybridized carbons (Fsp3) is 0.481. The van der Waals surface area contributed by atoms with Gasteiger partial charge in [-0.3, -0.25) is 4.90 Å². The topological polar surface area (TPSA) is 51.3 Å². The standard InChI is InChI=1S/C22H28N2.C5H11NO/c1-15-9-17(14-24(6)22(3,4)5)12-19(10-15)18-7-8-21-20(13-18)11-16(2)23-21;7-4-5-2-1-3-6-5/h7-13,23H,14H2,1-6H3;5-7H,1-4H2. The summed E-state index contributed by atoms with van der Waals surface area (Å²) in [6, 6.07) is 16.2. The molecule has 1 aliphatic rings. The molecule has 0 saturated carbocycles. The van der Waals surface area contributed by atoms with Crippen LogP contribution in [0, 0.1) is 13.8 Å². The van der Waals surface area contributed by atoms with Gasteiger partial charge in [-0.1, -0.05) is 23.8 Å². The SMILES string of the molecule is Cc1cc(CN(C)C(C)(C)C)cc(-c2ccc3[nH]c(C)cc3c2)c1.OCC1CCCN1. The summed E-state index contributed by atoms with van der Waals surface area (Å²) in [5, 5.41) is 12.9. The van der Waals surface area contributed by atoms with E-state index in [1.807, 2.05) is 0 Å². The van der Waals surface area contributed by atoms with Crippen LogP contribution in [-0.4, -0.2) is 46.8 Å². The molecule has 4 nitrogen and oxygen atoms in total. The molecule has 1 unspecified atom stereocenters. The second-order valence-electron chi connectivity index (χ2n) is 9.96. The van der Waals surface area contributed by atoms with Gasteiger partial charge in [0.25, 0.3) is 0 Å². The van der Waals surface area contributed by atoms with Gasteiger partial charge in [-0.15, -0.1) is 0 Å². The number of aliphatic hydroxyl groups is 1. The van der Waals surface area contributed by atoms with Crippen molar-refractivity contribution in [3.63, 3.8) is 0 Å². The number of aromatic nitrogens is 1. The van der Waals surface area contributed by atoms with Crippen molar-refractivity contribution in [3.8, 4) is 11.1 Å². The summed E-state index contributed by atoms with van der Waals surface area (Å²) >= 11 is 0. The number of nitrogens with zero attached hydrogens (tertiary/aromatic N) is 1. The highest BCUT2D eigenvalue weighted by molar-refractivity contribution is 5.86. The minimum absolute atomic E-state index is 0.172. The summed E-state index contributed by atoms with van der Waals surface area (Å²) < 4.78 is 0. The number of benzene rings is 2. The predicted molar refractivity (Wildman–Crippen MR) is 133 cm³/mol. The molecular weight excluding hydrogens is 382 g/mol. The third-order valence-electron chi connectivity index (χ3n) is 6.17. The smallest absolute Gasteiger partial charge is 0.0584 e. The lowest BCUT2D eigenvalue weighted by Crippen LogP contribution is -2.37. The van der Waals surface area contributed by atoms with Gasteiger partial charge in [-0.05, 0) is 102 Å². The Kier molecular flexibility index (Phi) is 7.58. The molecular formula is C27H39N3O. The van der Waals surface area contributed by atoms with Crippen molar-refractivity contribution in [1.29, 1.82) is 0 Å². The highest BCUT2D eigenvalue weighted by Crippen LogP contribution is 2.27. The Morgan fingerprint density at radius 1 is 1.03 bits per heavy atom. The molecule has 168 valence electrons. The van der Waals surface area contributed by atoms with Crippen molar-refractivity contribution >= 4 is 10.9 Å². The van der Waals surface area contributed by atoms with E-state index in [-0.39, 0.29) is 5.54 Å². The third kappa shape index (κ3) is 6.42. The van der Waals surface area contributed by atoms with Crippen molar-refractivity contribution in [2.24, 2.45) is 0 Å². The predicted octanol–water partition coefficient (Wildman–Crippen LogP) is 5.41. The van der Waals surface area contributed by atoms with Crippen LogP contribution in [0.2, 0.25) is 0 Å². The molecule has 31 heavy (non-hydrogen) atoms. The summed E-state index contributed by atoms with van der Waals surface area (Å²) in [5.74, 6) is 0. The molecule has 0 aliphatic carbocycles. The van der Waals surface area contributed by atoms with Gasteiger partial charge in [0.15, 0.2) is 0 Å². The van der Waals surface area contributed by atoms with Gasteiger partial charge < -0.3 is 15.4 Å². The molecule has 4 heteroatoms. The largest absolute Gasteiger partial charge is 0.395 e. The lowest BCUT2D eigenvalue weighted by Gasteiger charge is -2.32. The molecule has 1 fully saturated rings. The zero-order valence-corrected chi connectivity index (χ0v) is 20.0. The quantitative estimate of drug-likeness (QED) is 0.528. The van der Waals surface area contributed by atoms with E-state index in [1.165, 1.54) is 45.3 Å². The molecule has 0 amide bonds. The third-order valence-corrected chi connectivity index (χ3v) is 6.17. The van der Waals surface area contributed by atoms with Gasteiger partial charge in [0.1, 0.15) is 0 Å². The molecule has 1 saturated heterocycles. The summed E-state index contributed by atoms with van der Waals surface area (Å²) in [6.45, 7) is 13.4. The fourth-order valence-electron chi connectivity index (χ4n) is 4.00. The van der Waals surface area contributed by atoms with Crippen LogP contribution in [0.15, 0.2) is 42.5 Å². The van der Waals surface area contributed by atoms with Crippen LogP contribution < -0.4 is 5.32 Å². The van der Waals surface area contributed by atoms with E-state index in [9.17, 15) is 0 Å². The first-order chi connectivity index (χ1) is 14.7. The molecule has 3 N–H and O–H groups in total. The maximum Gasteiger partial charge on any atom is 0.0584 e. The van der Waals surface area contributed by atoms with Crippen LogP contribution in [0.5, 0.6) is 0 Å². The molecule has 0 bridgehead atoms. The van der Waals surface area contributed by atoms with Gasteiger partial charge >= 0.3 is 0 Å². The molecule has 1 atom stereocenters. The van der Waals surface area contributed by atoms with E-state index in [0.29, 0.717) is 12.6 Å². The van der Waals surface area contributed by atoms with Gasteiger partial charge in [0.05, 0.1) is 6.61 Å². The number of aryl methyl sites for hydroxylation is 2. The van der Waals surface area contributed by atoms with E-state index < -0.39 is 0 Å². The number of aliphatic hydroxyl groups excluding tert-OH is 1. The minimum atomic E-state index is 0.172. The average molecular weight is 422 g/mol. The highest BCUT2D eigenvalue weighted by Gasteiger charge is 2.17. The molecule has 3 aromatic rings. The lowest BCUT2D eigenvalue weighted by atomic mass is 9.98. The Balaban J connectivity index is 0.000000330. The number of H-pyrrole nitrogens is 1. The second-order valence-corrected chi connectivity index (χ2v) is 9.96. The van der Waals surface area contributed by atoms with Crippen LogP contribution in [-0.2, 0) is 6.54 Å². The number of aromatic amines is 1. The Morgan fingerprint density at radius 2 is 1.81 bits per heavy atom. The lowest BCUT2D eigenvalue weighted by molar-refractivity contribution is 0.167. The van der Waals surface area contributed by atoms with Gasteiger partial charge in [0.2, 0.25) is 0 Å². The minimum Gasteiger partial charge on any atom is -0.395 e. The Hall–Kier alpha value is -2.14. The van der Waals surface area contributed by atoms with Crippen LogP contribution in [0.4, 0.5) is 0 Å². The summed E-state index contributed by atoms with van der Waals surface area (Å²) in [5.41, 5.74) is 7.85. The maximum absolute atomic E-state index is 8.50. The normalized spacial score (nSPS) is 16.6. The van der Waals surface area contributed by atoms with Gasteiger partial charge in [-0.25, -0.2) is 0 Å². The molecule has 2 heterocycles. The maximum atomic E-state index is 8.50. The summed E-state index contributed by atoms with van der Waals surface area (Å²) in [7, 11) is 2.19. The number of rotatable bonds is 4. The summed E-state index contributed by atoms with van der Waals surface area (Å²) in [4.78, 5) is 5.79. The zero-order chi connectivity index (χ0) is 22.6. The number of fused-ring (bicyclic) bond motifs is 1. The number of nitrogens with one attached hydrogen (secondary N) is 2. The van der Waals surface area contributed by atoms with Crippen molar-refractivity contribution in [2.75, 3.05) is 20.2 Å². The van der Waals surface area contributed by atoms with E-state index in [0.717, 1.165) is 19.5 Å². The van der Waals surface area contributed by atoms with E-state index in [4.69, 9.17) is 5.11 Å². The van der Waals surface area contributed by atoms with Crippen molar-refractivity contribution in [2.45, 2.75) is 65.6 Å². The molecule has 1 aliphatic heterocycles. The average Bonchev–Trinajstić information content (AvgIpc) is 3.35. The fourth-order valence-corrected chi connectivity index (χ4v) is 4.00. The number of hydrogen-bond donors (Lipinski definition) is 3. The Bertz CT molecular complexity index is 993. The zero-order valence-electron chi connectivity index (χ0n) is 20.0. The Labute approximate surface area is 187 Å². The molecule has 4 rings (SSSR count). The molecule has 0 spiro atoms. The monoisotopic (exact) mass is 421 g/mol.